The molecular weight excluding hydrogens is 321 g/mol. The summed E-state index contributed by atoms with van der Waals surface area (Å²) in [4.78, 5) is 0. The molecule has 0 amide bonds. The van der Waals surface area contributed by atoms with Gasteiger partial charge in [-0.3, -0.25) is 0 Å². The lowest BCUT2D eigenvalue weighted by molar-refractivity contribution is 0.474. The van der Waals surface area contributed by atoms with E-state index >= 15 is 0 Å². The quantitative estimate of drug-likeness (QED) is 0.886. The van der Waals surface area contributed by atoms with Gasteiger partial charge in [0.1, 0.15) is 11.6 Å². The number of halogens is 2. The van der Waals surface area contributed by atoms with Gasteiger partial charge in [-0.1, -0.05) is 22.0 Å². The third kappa shape index (κ3) is 2.72. The zero-order valence-corrected chi connectivity index (χ0v) is 12.5. The van der Waals surface area contributed by atoms with Crippen LogP contribution in [-0.2, 0) is 13.0 Å². The van der Waals surface area contributed by atoms with Gasteiger partial charge in [0, 0.05) is 17.1 Å². The summed E-state index contributed by atoms with van der Waals surface area (Å²) in [6, 6.07) is 10.5. The molecule has 2 N–H and O–H groups in total. The van der Waals surface area contributed by atoms with Crippen molar-refractivity contribution < 1.29 is 9.50 Å². The van der Waals surface area contributed by atoms with Crippen LogP contribution in [0.5, 0.6) is 5.75 Å². The molecular formula is C16H15BrFNO. The van der Waals surface area contributed by atoms with Crippen LogP contribution in [0.4, 0.5) is 4.39 Å². The highest BCUT2D eigenvalue weighted by Gasteiger charge is 2.22. The molecule has 0 heterocycles. The Morgan fingerprint density at radius 2 is 2.10 bits per heavy atom. The van der Waals surface area contributed by atoms with Crippen LogP contribution in [-0.4, -0.2) is 5.11 Å². The summed E-state index contributed by atoms with van der Waals surface area (Å²) in [5, 5.41) is 13.0. The van der Waals surface area contributed by atoms with Gasteiger partial charge >= 0.3 is 0 Å². The average molecular weight is 336 g/mol. The van der Waals surface area contributed by atoms with Gasteiger partial charge in [0.25, 0.3) is 0 Å². The number of hydrogen-bond donors (Lipinski definition) is 2. The third-order valence-corrected chi connectivity index (χ3v) is 4.52. The van der Waals surface area contributed by atoms with Gasteiger partial charge in [-0.05, 0) is 59.9 Å². The van der Waals surface area contributed by atoms with E-state index in [0.29, 0.717) is 12.3 Å². The highest BCUT2D eigenvalue weighted by molar-refractivity contribution is 9.10. The number of aromatic hydroxyl groups is 1. The van der Waals surface area contributed by atoms with Gasteiger partial charge in [-0.25, -0.2) is 4.39 Å². The fourth-order valence-electron chi connectivity index (χ4n) is 2.73. The third-order valence-electron chi connectivity index (χ3n) is 3.75. The molecule has 3 rings (SSSR count). The van der Waals surface area contributed by atoms with E-state index in [2.05, 4.69) is 21.2 Å². The topological polar surface area (TPSA) is 32.3 Å². The Hall–Kier alpha value is -1.39. The van der Waals surface area contributed by atoms with Crippen molar-refractivity contribution in [3.8, 4) is 5.75 Å². The molecule has 0 bridgehead atoms. The number of phenols is 1. The number of fused-ring (bicyclic) bond motifs is 1. The SMILES string of the molecule is Oc1ccc2c(c1)CCC2NCc1cc(F)ccc1Br. The summed E-state index contributed by atoms with van der Waals surface area (Å²) >= 11 is 3.44. The maximum atomic E-state index is 13.3. The predicted molar refractivity (Wildman–Crippen MR) is 80.1 cm³/mol. The zero-order valence-electron chi connectivity index (χ0n) is 10.9. The van der Waals surface area contributed by atoms with Gasteiger partial charge in [-0.15, -0.1) is 0 Å². The Morgan fingerprint density at radius 1 is 1.25 bits per heavy atom. The minimum atomic E-state index is -0.221. The van der Waals surface area contributed by atoms with E-state index in [1.165, 1.54) is 17.2 Å². The van der Waals surface area contributed by atoms with Crippen molar-refractivity contribution >= 4 is 15.9 Å². The normalized spacial score (nSPS) is 17.2. The van der Waals surface area contributed by atoms with Crippen LogP contribution < -0.4 is 5.32 Å². The number of aryl methyl sites for hydroxylation is 1. The number of rotatable bonds is 3. The van der Waals surface area contributed by atoms with E-state index < -0.39 is 0 Å². The monoisotopic (exact) mass is 335 g/mol. The van der Waals surface area contributed by atoms with Crippen molar-refractivity contribution in [2.24, 2.45) is 0 Å². The average Bonchev–Trinajstić information content (AvgIpc) is 2.82. The molecule has 1 aliphatic carbocycles. The first kappa shape index (κ1) is 13.6. The molecule has 104 valence electrons. The van der Waals surface area contributed by atoms with Crippen LogP contribution in [0.15, 0.2) is 40.9 Å². The number of nitrogens with one attached hydrogen (secondary N) is 1. The first-order valence-corrected chi connectivity index (χ1v) is 7.42. The van der Waals surface area contributed by atoms with Crippen LogP contribution in [0.1, 0.15) is 29.2 Å². The molecule has 0 radical (unpaired) electrons. The van der Waals surface area contributed by atoms with Crippen molar-refractivity contribution in [1.82, 2.24) is 5.32 Å². The Labute approximate surface area is 125 Å². The molecule has 4 heteroatoms. The standard InChI is InChI=1S/C16H15BrFNO/c17-15-5-2-12(18)7-11(15)9-19-16-6-1-10-8-13(20)3-4-14(10)16/h2-5,7-8,16,19-20H,1,6,9H2. The van der Waals surface area contributed by atoms with Crippen molar-refractivity contribution in [1.29, 1.82) is 0 Å². The second-order valence-electron chi connectivity index (χ2n) is 5.09. The van der Waals surface area contributed by atoms with Crippen molar-refractivity contribution in [3.05, 3.63) is 63.4 Å². The molecule has 0 aromatic heterocycles. The fraction of sp³-hybridized carbons (Fsp3) is 0.250. The largest absolute Gasteiger partial charge is 0.508 e. The minimum absolute atomic E-state index is 0.221. The van der Waals surface area contributed by atoms with E-state index in [4.69, 9.17) is 0 Å². The van der Waals surface area contributed by atoms with Crippen molar-refractivity contribution in [2.75, 3.05) is 0 Å². The van der Waals surface area contributed by atoms with E-state index in [1.807, 2.05) is 12.1 Å². The lowest BCUT2D eigenvalue weighted by Crippen LogP contribution is -2.19. The molecule has 1 aliphatic rings. The predicted octanol–water partition coefficient (Wildman–Crippen LogP) is 4.07. The zero-order chi connectivity index (χ0) is 14.1. The van der Waals surface area contributed by atoms with Crippen molar-refractivity contribution in [2.45, 2.75) is 25.4 Å². The summed E-state index contributed by atoms with van der Waals surface area (Å²) in [5.74, 6) is 0.0963. The number of hydrogen-bond acceptors (Lipinski definition) is 2. The summed E-state index contributed by atoms with van der Waals surface area (Å²) < 4.78 is 14.2. The molecule has 0 fully saturated rings. The molecule has 0 saturated heterocycles. The molecule has 0 aliphatic heterocycles. The van der Waals surface area contributed by atoms with Gasteiger partial charge in [0.15, 0.2) is 0 Å². The Bertz CT molecular complexity index is 644. The molecule has 20 heavy (non-hydrogen) atoms. The maximum Gasteiger partial charge on any atom is 0.123 e. The van der Waals surface area contributed by atoms with E-state index in [1.54, 1.807) is 18.2 Å². The molecule has 0 saturated carbocycles. The number of phenolic OH excluding ortho intramolecular Hbond substituents is 1. The first-order chi connectivity index (χ1) is 9.63. The van der Waals surface area contributed by atoms with Crippen LogP contribution in [0.3, 0.4) is 0 Å². The highest BCUT2D eigenvalue weighted by Crippen LogP contribution is 2.33. The summed E-state index contributed by atoms with van der Waals surface area (Å²) in [6.07, 6.45) is 1.97. The van der Waals surface area contributed by atoms with E-state index in [9.17, 15) is 9.50 Å². The van der Waals surface area contributed by atoms with Crippen molar-refractivity contribution in [3.63, 3.8) is 0 Å². The van der Waals surface area contributed by atoms with Gasteiger partial charge < -0.3 is 10.4 Å². The van der Waals surface area contributed by atoms with E-state index in [0.717, 1.165) is 22.9 Å². The highest BCUT2D eigenvalue weighted by atomic mass is 79.9. The molecule has 2 aromatic rings. The fourth-order valence-corrected chi connectivity index (χ4v) is 3.11. The lowest BCUT2D eigenvalue weighted by Gasteiger charge is -2.15. The second kappa shape index (κ2) is 5.54. The van der Waals surface area contributed by atoms with Gasteiger partial charge in [-0.2, -0.15) is 0 Å². The molecule has 2 nitrogen and oxygen atoms in total. The summed E-state index contributed by atoms with van der Waals surface area (Å²) in [7, 11) is 0. The van der Waals surface area contributed by atoms with Gasteiger partial charge in [0.2, 0.25) is 0 Å². The van der Waals surface area contributed by atoms with E-state index in [-0.39, 0.29) is 11.9 Å². The Kier molecular flexibility index (Phi) is 3.76. The second-order valence-corrected chi connectivity index (χ2v) is 5.95. The van der Waals surface area contributed by atoms with Gasteiger partial charge in [0.05, 0.1) is 0 Å². The van der Waals surface area contributed by atoms with Crippen LogP contribution in [0.2, 0.25) is 0 Å². The molecule has 1 atom stereocenters. The Morgan fingerprint density at radius 3 is 2.95 bits per heavy atom. The molecule has 0 spiro atoms. The van der Waals surface area contributed by atoms with Crippen LogP contribution in [0, 0.1) is 5.82 Å². The van der Waals surface area contributed by atoms with Crippen LogP contribution in [0.25, 0.3) is 0 Å². The molecule has 1 unspecified atom stereocenters. The Balaban J connectivity index is 1.73. The lowest BCUT2D eigenvalue weighted by atomic mass is 10.1. The summed E-state index contributed by atoms with van der Waals surface area (Å²) in [5.41, 5.74) is 3.34. The smallest absolute Gasteiger partial charge is 0.123 e. The van der Waals surface area contributed by atoms with Crippen LogP contribution >= 0.6 is 15.9 Å². The summed E-state index contributed by atoms with van der Waals surface area (Å²) in [6.45, 7) is 0.614. The first-order valence-electron chi connectivity index (χ1n) is 6.62. The minimum Gasteiger partial charge on any atom is -0.508 e. The number of benzene rings is 2. The maximum absolute atomic E-state index is 13.3. The molecule has 2 aromatic carbocycles.